The molecule has 0 fully saturated rings. The summed E-state index contributed by atoms with van der Waals surface area (Å²) in [5.74, 6) is 1.21. The van der Waals surface area contributed by atoms with Crippen LogP contribution in [-0.2, 0) is 16.0 Å². The number of amides is 2. The van der Waals surface area contributed by atoms with Gasteiger partial charge in [-0.1, -0.05) is 78.2 Å². The number of carbonyl (C=O) groups is 2. The SMILES string of the molecule is CCCCCCCCCCCC(=O)NC(C(=O)NCCc1ccc(OC)c(OC)c1)C(C)C. The maximum Gasteiger partial charge on any atom is 0.242 e. The van der Waals surface area contributed by atoms with Crippen LogP contribution in [-0.4, -0.2) is 38.6 Å². The van der Waals surface area contributed by atoms with E-state index in [1.165, 1.54) is 44.9 Å². The quantitative estimate of drug-likeness (QED) is 0.285. The number of hydrogen-bond donors (Lipinski definition) is 2. The van der Waals surface area contributed by atoms with Crippen molar-refractivity contribution in [3.63, 3.8) is 0 Å². The van der Waals surface area contributed by atoms with Crippen molar-refractivity contribution >= 4 is 11.8 Å². The molecule has 33 heavy (non-hydrogen) atoms. The Morgan fingerprint density at radius 2 is 1.48 bits per heavy atom. The van der Waals surface area contributed by atoms with E-state index in [4.69, 9.17) is 9.47 Å². The van der Waals surface area contributed by atoms with Gasteiger partial charge in [-0.25, -0.2) is 0 Å². The average molecular weight is 463 g/mol. The molecule has 0 aliphatic carbocycles. The number of benzene rings is 1. The fourth-order valence-corrected chi connectivity index (χ4v) is 3.85. The van der Waals surface area contributed by atoms with Gasteiger partial charge >= 0.3 is 0 Å². The lowest BCUT2D eigenvalue weighted by Gasteiger charge is -2.22. The third-order valence-corrected chi connectivity index (χ3v) is 5.93. The van der Waals surface area contributed by atoms with Crippen LogP contribution in [0.2, 0.25) is 0 Å². The number of unbranched alkanes of at least 4 members (excludes halogenated alkanes) is 8. The Morgan fingerprint density at radius 3 is 2.06 bits per heavy atom. The van der Waals surface area contributed by atoms with Gasteiger partial charge in [0, 0.05) is 13.0 Å². The van der Waals surface area contributed by atoms with Crippen LogP contribution in [0.25, 0.3) is 0 Å². The summed E-state index contributed by atoms with van der Waals surface area (Å²) in [6, 6.07) is 5.22. The zero-order valence-corrected chi connectivity index (χ0v) is 21.5. The molecule has 6 heteroatoms. The minimum absolute atomic E-state index is 0.0261. The Kier molecular flexibility index (Phi) is 15.1. The van der Waals surface area contributed by atoms with Crippen molar-refractivity contribution in [1.82, 2.24) is 10.6 Å². The minimum atomic E-state index is -0.513. The predicted molar refractivity (Wildman–Crippen MR) is 135 cm³/mol. The van der Waals surface area contributed by atoms with Crippen LogP contribution in [0.1, 0.15) is 90.5 Å². The van der Waals surface area contributed by atoms with Gasteiger partial charge in [0.25, 0.3) is 0 Å². The lowest BCUT2D eigenvalue weighted by molar-refractivity contribution is -0.130. The van der Waals surface area contributed by atoms with Gasteiger partial charge in [-0.3, -0.25) is 9.59 Å². The van der Waals surface area contributed by atoms with Gasteiger partial charge < -0.3 is 20.1 Å². The lowest BCUT2D eigenvalue weighted by Crippen LogP contribution is -2.50. The van der Waals surface area contributed by atoms with Crippen molar-refractivity contribution < 1.29 is 19.1 Å². The summed E-state index contributed by atoms with van der Waals surface area (Å²) in [4.78, 5) is 25.1. The van der Waals surface area contributed by atoms with Crippen LogP contribution >= 0.6 is 0 Å². The normalized spacial score (nSPS) is 11.8. The van der Waals surface area contributed by atoms with Gasteiger partial charge in [-0.05, 0) is 36.5 Å². The third kappa shape index (κ3) is 12.0. The maximum atomic E-state index is 12.7. The second-order valence-electron chi connectivity index (χ2n) is 9.10. The molecular formula is C27H46N2O4. The molecule has 1 aromatic rings. The molecule has 0 aliphatic heterocycles. The number of hydrogen-bond acceptors (Lipinski definition) is 4. The first-order valence-electron chi connectivity index (χ1n) is 12.7. The highest BCUT2D eigenvalue weighted by Crippen LogP contribution is 2.27. The van der Waals surface area contributed by atoms with E-state index in [-0.39, 0.29) is 17.7 Å². The molecule has 1 atom stereocenters. The Bertz CT molecular complexity index is 691. The second-order valence-corrected chi connectivity index (χ2v) is 9.10. The maximum absolute atomic E-state index is 12.7. The highest BCUT2D eigenvalue weighted by Gasteiger charge is 2.23. The molecule has 0 bridgehead atoms. The lowest BCUT2D eigenvalue weighted by atomic mass is 10.0. The summed E-state index contributed by atoms with van der Waals surface area (Å²) < 4.78 is 10.6. The fraction of sp³-hybridized carbons (Fsp3) is 0.704. The van der Waals surface area contributed by atoms with E-state index in [2.05, 4.69) is 17.6 Å². The van der Waals surface area contributed by atoms with Crippen LogP contribution in [0.5, 0.6) is 11.5 Å². The van der Waals surface area contributed by atoms with Gasteiger partial charge in [-0.15, -0.1) is 0 Å². The zero-order valence-electron chi connectivity index (χ0n) is 21.5. The Morgan fingerprint density at radius 1 is 0.879 bits per heavy atom. The van der Waals surface area contributed by atoms with E-state index in [0.717, 1.165) is 18.4 Å². The van der Waals surface area contributed by atoms with Crippen LogP contribution in [0.4, 0.5) is 0 Å². The average Bonchev–Trinajstić information content (AvgIpc) is 2.81. The first-order valence-corrected chi connectivity index (χ1v) is 12.7. The van der Waals surface area contributed by atoms with E-state index >= 15 is 0 Å². The highest BCUT2D eigenvalue weighted by molar-refractivity contribution is 5.87. The van der Waals surface area contributed by atoms with Gasteiger partial charge in [0.15, 0.2) is 11.5 Å². The predicted octanol–water partition coefficient (Wildman–Crippen LogP) is 5.42. The van der Waals surface area contributed by atoms with Crippen molar-refractivity contribution in [2.75, 3.05) is 20.8 Å². The van der Waals surface area contributed by atoms with Crippen molar-refractivity contribution in [2.45, 2.75) is 97.4 Å². The van der Waals surface area contributed by atoms with Crippen molar-refractivity contribution in [3.8, 4) is 11.5 Å². The summed E-state index contributed by atoms with van der Waals surface area (Å²) in [7, 11) is 3.21. The van der Waals surface area contributed by atoms with Gasteiger partial charge in [0.05, 0.1) is 14.2 Å². The first-order chi connectivity index (χ1) is 15.9. The van der Waals surface area contributed by atoms with E-state index < -0.39 is 6.04 Å². The molecule has 0 radical (unpaired) electrons. The molecule has 0 saturated carbocycles. The Labute approximate surface area is 201 Å². The molecular weight excluding hydrogens is 416 g/mol. The first kappa shape index (κ1) is 28.8. The van der Waals surface area contributed by atoms with E-state index in [1.807, 2.05) is 32.0 Å². The van der Waals surface area contributed by atoms with Gasteiger partial charge in [-0.2, -0.15) is 0 Å². The monoisotopic (exact) mass is 462 g/mol. The molecule has 0 aromatic heterocycles. The molecule has 1 aromatic carbocycles. The molecule has 1 unspecified atom stereocenters. The third-order valence-electron chi connectivity index (χ3n) is 5.93. The Balaban J connectivity index is 2.32. The fourth-order valence-electron chi connectivity index (χ4n) is 3.85. The summed E-state index contributed by atoms with van der Waals surface area (Å²) in [5, 5.41) is 5.90. The second kappa shape index (κ2) is 17.3. The number of nitrogens with one attached hydrogen (secondary N) is 2. The standard InChI is InChI=1S/C27H46N2O4/c1-6-7-8-9-10-11-12-13-14-15-25(30)29-26(21(2)3)27(31)28-19-18-22-16-17-23(32-4)24(20-22)33-5/h16-17,20-21,26H,6-15,18-19H2,1-5H3,(H,28,31)(H,29,30). The summed E-state index contributed by atoms with van der Waals surface area (Å²) >= 11 is 0. The van der Waals surface area contributed by atoms with Crippen LogP contribution in [0.15, 0.2) is 18.2 Å². The number of methoxy groups -OCH3 is 2. The molecule has 0 spiro atoms. The van der Waals surface area contributed by atoms with E-state index in [9.17, 15) is 9.59 Å². The van der Waals surface area contributed by atoms with Crippen molar-refractivity contribution in [2.24, 2.45) is 5.92 Å². The summed E-state index contributed by atoms with van der Waals surface area (Å²) in [6.45, 7) is 6.64. The molecule has 6 nitrogen and oxygen atoms in total. The molecule has 2 amide bonds. The molecule has 0 aliphatic rings. The zero-order chi connectivity index (χ0) is 24.5. The summed E-state index contributed by atoms with van der Waals surface area (Å²) in [5.41, 5.74) is 1.04. The van der Waals surface area contributed by atoms with Gasteiger partial charge in [0.1, 0.15) is 6.04 Å². The number of carbonyl (C=O) groups excluding carboxylic acids is 2. The van der Waals surface area contributed by atoms with Crippen molar-refractivity contribution in [3.05, 3.63) is 23.8 Å². The Hall–Kier alpha value is -2.24. The highest BCUT2D eigenvalue weighted by atomic mass is 16.5. The van der Waals surface area contributed by atoms with E-state index in [0.29, 0.717) is 30.9 Å². The van der Waals surface area contributed by atoms with Crippen molar-refractivity contribution in [1.29, 1.82) is 0 Å². The number of ether oxygens (including phenoxy) is 2. The summed E-state index contributed by atoms with van der Waals surface area (Å²) in [6.07, 6.45) is 12.1. The molecule has 188 valence electrons. The van der Waals surface area contributed by atoms with Crippen LogP contribution in [0.3, 0.4) is 0 Å². The number of rotatable bonds is 18. The molecule has 1 rings (SSSR count). The van der Waals surface area contributed by atoms with E-state index in [1.54, 1.807) is 14.2 Å². The van der Waals surface area contributed by atoms with Gasteiger partial charge in [0.2, 0.25) is 11.8 Å². The molecule has 2 N–H and O–H groups in total. The topological polar surface area (TPSA) is 76.7 Å². The van der Waals surface area contributed by atoms with Crippen LogP contribution in [0, 0.1) is 5.92 Å². The largest absolute Gasteiger partial charge is 0.493 e. The molecule has 0 saturated heterocycles. The molecule has 0 heterocycles. The smallest absolute Gasteiger partial charge is 0.242 e. The minimum Gasteiger partial charge on any atom is -0.493 e. The van der Waals surface area contributed by atoms with Crippen LogP contribution < -0.4 is 20.1 Å².